The third-order valence-corrected chi connectivity index (χ3v) is 2.18. The van der Waals surface area contributed by atoms with Crippen molar-refractivity contribution in [3.05, 3.63) is 18.7 Å². The second kappa shape index (κ2) is 3.40. The van der Waals surface area contributed by atoms with E-state index in [1.807, 2.05) is 0 Å². The number of H-pyrrole nitrogens is 1. The van der Waals surface area contributed by atoms with Crippen molar-refractivity contribution in [1.82, 2.24) is 25.1 Å². The number of aromatic nitrogens is 5. The molecule has 13 heavy (non-hydrogen) atoms. The van der Waals surface area contributed by atoms with Gasteiger partial charge in [0.05, 0.1) is 0 Å². The highest BCUT2D eigenvalue weighted by Crippen LogP contribution is 2.24. The number of nitrogens with zero attached hydrogens (tertiary/aromatic N) is 4. The topological polar surface area (TPSA) is 93.4 Å². The van der Waals surface area contributed by atoms with Crippen molar-refractivity contribution in [1.29, 1.82) is 0 Å². The first kappa shape index (κ1) is 7.99. The predicted octanol–water partition coefficient (Wildman–Crippen LogP) is 0.328. The molecule has 0 saturated carbocycles. The van der Waals surface area contributed by atoms with Crippen LogP contribution >= 0.6 is 11.8 Å². The molecular weight excluding hydrogens is 188 g/mol. The fraction of sp³-hybridized carbons (Fsp3) is 0. The minimum atomic E-state index is 0.393. The third-order valence-electron chi connectivity index (χ3n) is 1.28. The van der Waals surface area contributed by atoms with Gasteiger partial charge in [-0.05, 0) is 11.8 Å². The molecule has 66 valence electrons. The van der Waals surface area contributed by atoms with Gasteiger partial charge in [-0.3, -0.25) is 5.10 Å². The molecule has 0 aliphatic carbocycles. The van der Waals surface area contributed by atoms with Crippen molar-refractivity contribution in [2.75, 3.05) is 5.73 Å². The van der Waals surface area contributed by atoms with Crippen LogP contribution < -0.4 is 5.73 Å². The van der Waals surface area contributed by atoms with Crippen LogP contribution in [-0.2, 0) is 0 Å². The van der Waals surface area contributed by atoms with Gasteiger partial charge in [-0.25, -0.2) is 15.0 Å². The molecule has 0 atom stereocenters. The van der Waals surface area contributed by atoms with E-state index < -0.39 is 0 Å². The fourth-order valence-electron chi connectivity index (χ4n) is 0.750. The molecule has 0 fully saturated rings. The standard InChI is InChI=1S/C6H6N6S/c7-4-5(9-2-1-8-4)13-6-10-3-11-12-6/h1-3H,(H2,7,8)(H,10,11,12). The molecule has 7 heteroatoms. The Morgan fingerprint density at radius 1 is 1.23 bits per heavy atom. The van der Waals surface area contributed by atoms with Crippen LogP contribution in [0.1, 0.15) is 0 Å². The molecule has 0 bridgehead atoms. The summed E-state index contributed by atoms with van der Waals surface area (Å²) in [6.45, 7) is 0. The monoisotopic (exact) mass is 194 g/mol. The molecule has 0 aromatic carbocycles. The second-order valence-electron chi connectivity index (χ2n) is 2.14. The number of nitrogens with one attached hydrogen (secondary N) is 1. The highest BCUT2D eigenvalue weighted by atomic mass is 32.2. The number of hydrogen-bond donors (Lipinski definition) is 2. The molecule has 0 aliphatic rings. The summed E-state index contributed by atoms with van der Waals surface area (Å²) in [5.74, 6) is 0.393. The largest absolute Gasteiger partial charge is 0.381 e. The minimum Gasteiger partial charge on any atom is -0.381 e. The van der Waals surface area contributed by atoms with E-state index in [2.05, 4.69) is 25.1 Å². The molecule has 2 rings (SSSR count). The van der Waals surface area contributed by atoms with Gasteiger partial charge in [0.1, 0.15) is 11.4 Å². The Kier molecular flexibility index (Phi) is 2.09. The molecule has 0 amide bonds. The fourth-order valence-corrected chi connectivity index (χ4v) is 1.40. The summed E-state index contributed by atoms with van der Waals surface area (Å²) in [5, 5.41) is 7.66. The van der Waals surface area contributed by atoms with Gasteiger partial charge in [-0.1, -0.05) is 0 Å². The number of nitrogens with two attached hydrogens (primary N) is 1. The van der Waals surface area contributed by atoms with E-state index >= 15 is 0 Å². The predicted molar refractivity (Wildman–Crippen MR) is 47.0 cm³/mol. The van der Waals surface area contributed by atoms with E-state index in [1.54, 1.807) is 12.4 Å². The zero-order valence-corrected chi connectivity index (χ0v) is 7.32. The Labute approximate surface area is 78.0 Å². The molecule has 0 radical (unpaired) electrons. The van der Waals surface area contributed by atoms with Gasteiger partial charge in [0.2, 0.25) is 0 Å². The van der Waals surface area contributed by atoms with Gasteiger partial charge < -0.3 is 5.73 Å². The van der Waals surface area contributed by atoms with Crippen LogP contribution in [0.4, 0.5) is 5.82 Å². The average molecular weight is 194 g/mol. The molecular formula is C6H6N6S. The molecule has 0 spiro atoms. The lowest BCUT2D eigenvalue weighted by atomic mass is 10.7. The van der Waals surface area contributed by atoms with Crippen LogP contribution in [0.25, 0.3) is 0 Å². The SMILES string of the molecule is Nc1nccnc1Sc1ncn[nH]1. The first-order valence-corrected chi connectivity index (χ1v) is 4.27. The van der Waals surface area contributed by atoms with Gasteiger partial charge in [0.25, 0.3) is 0 Å². The maximum absolute atomic E-state index is 5.58. The third kappa shape index (κ3) is 1.75. The van der Waals surface area contributed by atoms with E-state index in [9.17, 15) is 0 Å². The Morgan fingerprint density at radius 3 is 2.77 bits per heavy atom. The van der Waals surface area contributed by atoms with Crippen molar-refractivity contribution in [3.63, 3.8) is 0 Å². The van der Waals surface area contributed by atoms with E-state index in [1.165, 1.54) is 18.1 Å². The highest BCUT2D eigenvalue weighted by Gasteiger charge is 2.04. The van der Waals surface area contributed by atoms with Crippen LogP contribution in [-0.4, -0.2) is 25.1 Å². The summed E-state index contributed by atoms with van der Waals surface area (Å²) in [5.41, 5.74) is 5.58. The number of anilines is 1. The smallest absolute Gasteiger partial charge is 0.189 e. The van der Waals surface area contributed by atoms with Crippen molar-refractivity contribution in [3.8, 4) is 0 Å². The lowest BCUT2D eigenvalue weighted by molar-refractivity contribution is 0.964. The maximum Gasteiger partial charge on any atom is 0.189 e. The molecule has 0 saturated heterocycles. The van der Waals surface area contributed by atoms with Crippen LogP contribution in [0.2, 0.25) is 0 Å². The number of aromatic amines is 1. The van der Waals surface area contributed by atoms with E-state index in [4.69, 9.17) is 5.73 Å². The zero-order valence-electron chi connectivity index (χ0n) is 6.51. The van der Waals surface area contributed by atoms with Crippen LogP contribution in [0.5, 0.6) is 0 Å². The van der Waals surface area contributed by atoms with Crippen LogP contribution in [0, 0.1) is 0 Å². The summed E-state index contributed by atoms with van der Waals surface area (Å²) < 4.78 is 0. The Balaban J connectivity index is 2.24. The lowest BCUT2D eigenvalue weighted by Crippen LogP contribution is -1.94. The quantitative estimate of drug-likeness (QED) is 0.715. The summed E-state index contributed by atoms with van der Waals surface area (Å²) in [4.78, 5) is 11.9. The van der Waals surface area contributed by atoms with Gasteiger partial charge in [-0.15, -0.1) is 0 Å². The molecule has 0 aliphatic heterocycles. The zero-order chi connectivity index (χ0) is 9.10. The first-order chi connectivity index (χ1) is 6.36. The van der Waals surface area contributed by atoms with Crippen molar-refractivity contribution in [2.45, 2.75) is 10.2 Å². The number of rotatable bonds is 2. The molecule has 0 unspecified atom stereocenters. The molecule has 2 aromatic heterocycles. The molecule has 2 heterocycles. The van der Waals surface area contributed by atoms with Crippen LogP contribution in [0.3, 0.4) is 0 Å². The number of nitrogen functional groups attached to an aromatic ring is 1. The molecule has 2 aromatic rings. The molecule has 6 nitrogen and oxygen atoms in total. The lowest BCUT2D eigenvalue weighted by Gasteiger charge is -1.98. The van der Waals surface area contributed by atoms with Crippen molar-refractivity contribution in [2.24, 2.45) is 0 Å². The molecule has 3 N–H and O–H groups in total. The summed E-state index contributed by atoms with van der Waals surface area (Å²) in [6.07, 6.45) is 4.55. The van der Waals surface area contributed by atoms with Crippen molar-refractivity contribution >= 4 is 17.6 Å². The summed E-state index contributed by atoms with van der Waals surface area (Å²) in [6, 6.07) is 0. The van der Waals surface area contributed by atoms with E-state index in [-0.39, 0.29) is 0 Å². The van der Waals surface area contributed by atoms with Gasteiger partial charge in [0, 0.05) is 12.4 Å². The van der Waals surface area contributed by atoms with Gasteiger partial charge in [0.15, 0.2) is 11.0 Å². The Hall–Kier alpha value is -1.63. The van der Waals surface area contributed by atoms with E-state index in [0.717, 1.165) is 0 Å². The second-order valence-corrected chi connectivity index (χ2v) is 3.12. The highest BCUT2D eigenvalue weighted by molar-refractivity contribution is 7.99. The van der Waals surface area contributed by atoms with Crippen molar-refractivity contribution < 1.29 is 0 Å². The summed E-state index contributed by atoms with van der Waals surface area (Å²) >= 11 is 1.29. The Bertz CT molecular complexity index is 386. The van der Waals surface area contributed by atoms with E-state index in [0.29, 0.717) is 16.0 Å². The van der Waals surface area contributed by atoms with Gasteiger partial charge >= 0.3 is 0 Å². The van der Waals surface area contributed by atoms with Crippen LogP contribution in [0.15, 0.2) is 28.9 Å². The van der Waals surface area contributed by atoms with Gasteiger partial charge in [-0.2, -0.15) is 5.10 Å². The average Bonchev–Trinajstić information content (AvgIpc) is 2.61. The normalized spacial score (nSPS) is 10.2. The Morgan fingerprint density at radius 2 is 2.08 bits per heavy atom. The minimum absolute atomic E-state index is 0.393. The maximum atomic E-state index is 5.58. The number of hydrogen-bond acceptors (Lipinski definition) is 6. The first-order valence-electron chi connectivity index (χ1n) is 3.46. The summed E-state index contributed by atoms with van der Waals surface area (Å²) in [7, 11) is 0.